The Morgan fingerprint density at radius 3 is 3.06 bits per heavy atom. The zero-order valence-corrected chi connectivity index (χ0v) is 11.5. The molecule has 2 rings (SSSR count). The summed E-state index contributed by atoms with van der Waals surface area (Å²) in [7, 11) is 0. The number of aryl methyl sites for hydroxylation is 1. The van der Waals surface area contributed by atoms with E-state index >= 15 is 0 Å². The van der Waals surface area contributed by atoms with Gasteiger partial charge in [0.25, 0.3) is 0 Å². The molecule has 16 heavy (non-hydrogen) atoms. The van der Waals surface area contributed by atoms with Gasteiger partial charge in [0.15, 0.2) is 0 Å². The minimum Gasteiger partial charge on any atom is -0.314 e. The summed E-state index contributed by atoms with van der Waals surface area (Å²) in [5.74, 6) is 0. The Kier molecular flexibility index (Phi) is 5.69. The lowest BCUT2D eigenvalue weighted by Gasteiger charge is -2.33. The first kappa shape index (κ1) is 13.9. The number of aromatic nitrogens is 1. The van der Waals surface area contributed by atoms with Crippen molar-refractivity contribution in [3.05, 3.63) is 16.1 Å². The van der Waals surface area contributed by atoms with Crippen molar-refractivity contribution in [1.82, 2.24) is 15.2 Å². The fourth-order valence-corrected chi connectivity index (χ4v) is 2.65. The molecule has 1 saturated heterocycles. The number of rotatable bonds is 3. The van der Waals surface area contributed by atoms with Crippen LogP contribution in [-0.2, 0) is 13.0 Å². The second-order valence-corrected chi connectivity index (χ2v) is 5.05. The van der Waals surface area contributed by atoms with Crippen LogP contribution in [0.3, 0.4) is 0 Å². The lowest BCUT2D eigenvalue weighted by Crippen LogP contribution is -2.49. The molecule has 0 radical (unpaired) electrons. The van der Waals surface area contributed by atoms with Gasteiger partial charge in [-0.3, -0.25) is 4.90 Å². The molecule has 0 amide bonds. The van der Waals surface area contributed by atoms with Crippen molar-refractivity contribution >= 4 is 23.7 Å². The Morgan fingerprint density at radius 1 is 1.62 bits per heavy atom. The topological polar surface area (TPSA) is 28.2 Å². The van der Waals surface area contributed by atoms with Gasteiger partial charge in [-0.15, -0.1) is 23.7 Å². The van der Waals surface area contributed by atoms with E-state index in [2.05, 4.69) is 34.4 Å². The molecular weight excluding hydrogens is 242 g/mol. The van der Waals surface area contributed by atoms with Crippen LogP contribution < -0.4 is 5.32 Å². The molecule has 1 aromatic heterocycles. The van der Waals surface area contributed by atoms with Gasteiger partial charge in [-0.25, -0.2) is 4.98 Å². The largest absolute Gasteiger partial charge is 0.314 e. The second-order valence-electron chi connectivity index (χ2n) is 4.11. The Hall–Kier alpha value is -0.160. The van der Waals surface area contributed by atoms with Crippen molar-refractivity contribution in [3.63, 3.8) is 0 Å². The minimum atomic E-state index is 0. The van der Waals surface area contributed by atoms with Crippen molar-refractivity contribution in [2.75, 3.05) is 19.6 Å². The van der Waals surface area contributed by atoms with Gasteiger partial charge >= 0.3 is 0 Å². The Balaban J connectivity index is 0.00000128. The van der Waals surface area contributed by atoms with Crippen LogP contribution in [0.1, 0.15) is 24.5 Å². The molecule has 1 atom stereocenters. The van der Waals surface area contributed by atoms with Crippen LogP contribution in [-0.4, -0.2) is 35.6 Å². The average Bonchev–Trinajstić information content (AvgIpc) is 2.69. The summed E-state index contributed by atoms with van der Waals surface area (Å²) in [6, 6.07) is 0.630. The summed E-state index contributed by atoms with van der Waals surface area (Å²) < 4.78 is 0. The number of hydrogen-bond acceptors (Lipinski definition) is 4. The maximum absolute atomic E-state index is 4.61. The maximum Gasteiger partial charge on any atom is 0.0926 e. The molecule has 0 aliphatic carbocycles. The van der Waals surface area contributed by atoms with Crippen LogP contribution in [0.5, 0.6) is 0 Å². The zero-order chi connectivity index (χ0) is 10.7. The predicted molar refractivity (Wildman–Crippen MR) is 71.5 cm³/mol. The summed E-state index contributed by atoms with van der Waals surface area (Å²) in [4.78, 5) is 7.12. The molecule has 1 fully saturated rings. The van der Waals surface area contributed by atoms with Crippen molar-refractivity contribution in [2.45, 2.75) is 32.9 Å². The fraction of sp³-hybridized carbons (Fsp3) is 0.727. The first-order valence-electron chi connectivity index (χ1n) is 5.67. The third-order valence-corrected chi connectivity index (χ3v) is 3.95. The SMILES string of the molecule is CCc1nc(CN2CCNC[C@H]2C)cs1.Cl. The molecule has 2 heterocycles. The third kappa shape index (κ3) is 3.42. The van der Waals surface area contributed by atoms with E-state index in [9.17, 15) is 0 Å². The molecule has 0 bridgehead atoms. The van der Waals surface area contributed by atoms with E-state index in [-0.39, 0.29) is 12.4 Å². The molecule has 1 aliphatic rings. The lowest BCUT2D eigenvalue weighted by molar-refractivity contribution is 0.164. The standard InChI is InChI=1S/C11H19N3S.ClH/c1-3-11-13-10(8-15-11)7-14-5-4-12-6-9(14)2;/h8-9,12H,3-7H2,1-2H3;1H/t9-;/m1./s1. The van der Waals surface area contributed by atoms with Crippen LogP contribution in [0.2, 0.25) is 0 Å². The number of thiazole rings is 1. The zero-order valence-electron chi connectivity index (χ0n) is 9.90. The Labute approximate surface area is 108 Å². The molecule has 1 aromatic rings. The van der Waals surface area contributed by atoms with Crippen molar-refractivity contribution in [3.8, 4) is 0 Å². The Bertz CT molecular complexity index is 316. The minimum absolute atomic E-state index is 0. The van der Waals surface area contributed by atoms with E-state index in [0.29, 0.717) is 6.04 Å². The molecule has 0 spiro atoms. The highest BCUT2D eigenvalue weighted by molar-refractivity contribution is 7.09. The van der Waals surface area contributed by atoms with Gasteiger partial charge in [0.05, 0.1) is 10.7 Å². The fourth-order valence-electron chi connectivity index (χ4n) is 1.91. The van der Waals surface area contributed by atoms with Gasteiger partial charge in [-0.05, 0) is 13.3 Å². The van der Waals surface area contributed by atoms with Gasteiger partial charge < -0.3 is 5.32 Å². The molecular formula is C11H20ClN3S. The molecule has 3 nitrogen and oxygen atoms in total. The van der Waals surface area contributed by atoms with Crippen molar-refractivity contribution < 1.29 is 0 Å². The molecule has 0 aromatic carbocycles. The number of nitrogens with one attached hydrogen (secondary N) is 1. The number of piperazine rings is 1. The van der Waals surface area contributed by atoms with E-state index in [1.807, 2.05) is 0 Å². The van der Waals surface area contributed by atoms with Crippen LogP contribution in [0.25, 0.3) is 0 Å². The molecule has 5 heteroatoms. The molecule has 0 saturated carbocycles. The number of hydrogen-bond donors (Lipinski definition) is 1. The highest BCUT2D eigenvalue weighted by Gasteiger charge is 2.18. The van der Waals surface area contributed by atoms with E-state index in [1.165, 1.54) is 10.7 Å². The molecule has 0 unspecified atom stereocenters. The lowest BCUT2D eigenvalue weighted by atomic mass is 10.2. The summed E-state index contributed by atoms with van der Waals surface area (Å²) >= 11 is 1.79. The monoisotopic (exact) mass is 261 g/mol. The maximum atomic E-state index is 4.61. The molecule has 92 valence electrons. The van der Waals surface area contributed by atoms with Gasteiger partial charge in [0, 0.05) is 37.6 Å². The van der Waals surface area contributed by atoms with E-state index in [4.69, 9.17) is 0 Å². The van der Waals surface area contributed by atoms with Gasteiger partial charge in [-0.1, -0.05) is 6.92 Å². The first-order chi connectivity index (χ1) is 7.29. The molecule has 1 N–H and O–H groups in total. The van der Waals surface area contributed by atoms with Gasteiger partial charge in [-0.2, -0.15) is 0 Å². The molecule has 1 aliphatic heterocycles. The third-order valence-electron chi connectivity index (χ3n) is 2.91. The first-order valence-corrected chi connectivity index (χ1v) is 6.55. The van der Waals surface area contributed by atoms with Gasteiger partial charge in [0.1, 0.15) is 0 Å². The summed E-state index contributed by atoms with van der Waals surface area (Å²) in [6.07, 6.45) is 1.06. The second kappa shape index (κ2) is 6.55. The average molecular weight is 262 g/mol. The van der Waals surface area contributed by atoms with Gasteiger partial charge in [0.2, 0.25) is 0 Å². The normalized spacial score (nSPS) is 21.8. The summed E-state index contributed by atoms with van der Waals surface area (Å²) in [5, 5.41) is 6.87. The van der Waals surface area contributed by atoms with E-state index in [0.717, 1.165) is 32.6 Å². The van der Waals surface area contributed by atoms with Crippen LogP contribution >= 0.6 is 23.7 Å². The number of nitrogens with zero attached hydrogens (tertiary/aromatic N) is 2. The van der Waals surface area contributed by atoms with E-state index in [1.54, 1.807) is 11.3 Å². The smallest absolute Gasteiger partial charge is 0.0926 e. The van der Waals surface area contributed by atoms with E-state index < -0.39 is 0 Å². The highest BCUT2D eigenvalue weighted by atomic mass is 35.5. The Morgan fingerprint density at radius 2 is 2.44 bits per heavy atom. The van der Waals surface area contributed by atoms with Crippen LogP contribution in [0.15, 0.2) is 5.38 Å². The van der Waals surface area contributed by atoms with Crippen molar-refractivity contribution in [2.24, 2.45) is 0 Å². The van der Waals surface area contributed by atoms with Crippen LogP contribution in [0, 0.1) is 0 Å². The van der Waals surface area contributed by atoms with Crippen molar-refractivity contribution in [1.29, 1.82) is 0 Å². The predicted octanol–water partition coefficient (Wildman–Crippen LogP) is 1.92. The highest BCUT2D eigenvalue weighted by Crippen LogP contribution is 2.14. The van der Waals surface area contributed by atoms with Crippen LogP contribution in [0.4, 0.5) is 0 Å². The summed E-state index contributed by atoms with van der Waals surface area (Å²) in [5.41, 5.74) is 1.24. The number of halogens is 1. The quantitative estimate of drug-likeness (QED) is 0.901. The summed E-state index contributed by atoms with van der Waals surface area (Å²) in [6.45, 7) is 8.80.